The molecule has 1 heterocycles. The Hall–Kier alpha value is -1.43. The molecule has 5 aliphatic rings. The van der Waals surface area contributed by atoms with E-state index in [0.29, 0.717) is 41.5 Å². The molecule has 1 amide bonds. The van der Waals surface area contributed by atoms with Gasteiger partial charge in [-0.1, -0.05) is 25.9 Å². The van der Waals surface area contributed by atoms with E-state index in [4.69, 9.17) is 4.84 Å². The molecule has 34 heavy (non-hydrogen) atoms. The van der Waals surface area contributed by atoms with Crippen LogP contribution >= 0.6 is 0 Å². The Kier molecular flexibility index (Phi) is 6.58. The number of ketones is 1. The second-order valence-corrected chi connectivity index (χ2v) is 12.9. The molecule has 1 saturated heterocycles. The average Bonchev–Trinajstić information content (AvgIpc) is 3.38. The Labute approximate surface area is 205 Å². The maximum atomic E-state index is 12.3. The lowest BCUT2D eigenvalue weighted by Crippen LogP contribution is -2.53. The highest BCUT2D eigenvalue weighted by Crippen LogP contribution is 2.67. The first kappa shape index (κ1) is 24.3. The minimum atomic E-state index is -0.443. The van der Waals surface area contributed by atoms with Crippen molar-refractivity contribution >= 4 is 17.6 Å². The molecule has 4 saturated carbocycles. The van der Waals surface area contributed by atoms with Crippen molar-refractivity contribution in [3.63, 3.8) is 0 Å². The van der Waals surface area contributed by atoms with Crippen LogP contribution in [0.3, 0.4) is 0 Å². The van der Waals surface area contributed by atoms with Crippen molar-refractivity contribution in [3.05, 3.63) is 0 Å². The minimum absolute atomic E-state index is 0.242. The molecule has 1 aliphatic heterocycles. The molecule has 2 unspecified atom stereocenters. The Bertz CT molecular complexity index is 843. The molecule has 5 rings (SSSR count). The van der Waals surface area contributed by atoms with Crippen LogP contribution in [0.5, 0.6) is 0 Å². The third kappa shape index (κ3) is 4.12. The van der Waals surface area contributed by atoms with Gasteiger partial charge in [0.15, 0.2) is 0 Å². The molecule has 0 aromatic rings. The van der Waals surface area contributed by atoms with Crippen molar-refractivity contribution in [1.82, 2.24) is 10.6 Å². The molecule has 4 aliphatic carbocycles. The number of nitrogens with one attached hydrogen (secondary N) is 2. The first-order chi connectivity index (χ1) is 16.2. The van der Waals surface area contributed by atoms with Gasteiger partial charge in [0, 0.05) is 31.3 Å². The van der Waals surface area contributed by atoms with Crippen LogP contribution in [0.1, 0.15) is 91.9 Å². The second-order valence-electron chi connectivity index (χ2n) is 12.9. The summed E-state index contributed by atoms with van der Waals surface area (Å²) < 4.78 is 0. The number of carbonyl (C=O) groups is 2. The lowest BCUT2D eigenvalue weighted by atomic mass is 9.44. The number of amides is 1. The van der Waals surface area contributed by atoms with Gasteiger partial charge in [0.2, 0.25) is 0 Å². The molecule has 6 heteroatoms. The topological polar surface area (TPSA) is 79.8 Å². The van der Waals surface area contributed by atoms with E-state index in [0.717, 1.165) is 62.1 Å². The molecule has 0 bridgehead atoms. The highest BCUT2D eigenvalue weighted by Gasteiger charge is 2.60. The van der Waals surface area contributed by atoms with Gasteiger partial charge >= 0.3 is 6.09 Å². The van der Waals surface area contributed by atoms with Gasteiger partial charge in [-0.05, 0) is 105 Å². The van der Waals surface area contributed by atoms with E-state index in [1.54, 1.807) is 0 Å². The predicted molar refractivity (Wildman–Crippen MR) is 133 cm³/mol. The third-order valence-corrected chi connectivity index (χ3v) is 11.4. The van der Waals surface area contributed by atoms with E-state index in [1.807, 2.05) is 0 Å². The molecule has 2 N–H and O–H groups in total. The van der Waals surface area contributed by atoms with E-state index >= 15 is 0 Å². The van der Waals surface area contributed by atoms with Gasteiger partial charge in [0.05, 0.1) is 5.71 Å². The highest BCUT2D eigenvalue weighted by atomic mass is 16.7. The van der Waals surface area contributed by atoms with E-state index in [-0.39, 0.29) is 5.41 Å². The molecular weight excluding hydrogens is 426 g/mol. The molecule has 5 fully saturated rings. The Morgan fingerprint density at radius 2 is 1.88 bits per heavy atom. The van der Waals surface area contributed by atoms with Crippen LogP contribution < -0.4 is 10.6 Å². The van der Waals surface area contributed by atoms with Crippen LogP contribution in [-0.2, 0) is 9.63 Å². The zero-order valence-electron chi connectivity index (χ0n) is 21.7. The zero-order valence-corrected chi connectivity index (χ0v) is 21.7. The van der Waals surface area contributed by atoms with Crippen molar-refractivity contribution in [2.45, 2.75) is 97.9 Å². The van der Waals surface area contributed by atoms with Crippen molar-refractivity contribution in [3.8, 4) is 0 Å². The van der Waals surface area contributed by atoms with Gasteiger partial charge in [0.1, 0.15) is 5.78 Å². The van der Waals surface area contributed by atoms with Crippen LogP contribution in [-0.4, -0.2) is 36.7 Å². The SMILES string of the molecule is C/C(=N\OC(=O)NCC1NCCC1C)[C@H]1CC[C@H]2[C@@H]3CC[C@H]4CC(=O)CC[C@]4(C)[C@H]3CC[C@]12C. The van der Waals surface area contributed by atoms with Crippen LogP contribution in [0, 0.1) is 46.3 Å². The molecule has 0 radical (unpaired) electrons. The van der Waals surface area contributed by atoms with Crippen LogP contribution in [0.15, 0.2) is 5.16 Å². The predicted octanol–water partition coefficient (Wildman–Crippen LogP) is 5.31. The third-order valence-electron chi connectivity index (χ3n) is 11.4. The number of carbonyl (C=O) groups excluding carboxylic acids is 2. The smallest absolute Gasteiger partial charge is 0.318 e. The largest absolute Gasteiger partial charge is 0.433 e. The summed E-state index contributed by atoms with van der Waals surface area (Å²) in [5.74, 6) is 4.32. The van der Waals surface area contributed by atoms with Gasteiger partial charge < -0.3 is 10.6 Å². The summed E-state index contributed by atoms with van der Waals surface area (Å²) in [6, 6.07) is 0.321. The number of hydrogen-bond acceptors (Lipinski definition) is 5. The number of hydrogen-bond donors (Lipinski definition) is 2. The number of fused-ring (bicyclic) bond motifs is 5. The van der Waals surface area contributed by atoms with E-state index in [1.165, 1.54) is 32.1 Å². The first-order valence-corrected chi connectivity index (χ1v) is 14.0. The van der Waals surface area contributed by atoms with Gasteiger partial charge in [-0.2, -0.15) is 0 Å². The monoisotopic (exact) mass is 471 g/mol. The van der Waals surface area contributed by atoms with Crippen molar-refractivity contribution < 1.29 is 14.4 Å². The van der Waals surface area contributed by atoms with Crippen LogP contribution in [0.2, 0.25) is 0 Å². The summed E-state index contributed by atoms with van der Waals surface area (Å²) in [6.45, 7) is 10.9. The van der Waals surface area contributed by atoms with E-state index < -0.39 is 6.09 Å². The fourth-order valence-corrected chi connectivity index (χ4v) is 9.31. The summed E-state index contributed by atoms with van der Waals surface area (Å²) in [5, 5.41) is 10.7. The Morgan fingerprint density at radius 1 is 1.09 bits per heavy atom. The van der Waals surface area contributed by atoms with Gasteiger partial charge in [-0.25, -0.2) is 4.79 Å². The number of rotatable bonds is 4. The van der Waals surface area contributed by atoms with Crippen molar-refractivity contribution in [1.29, 1.82) is 0 Å². The number of nitrogens with zero attached hydrogens (tertiary/aromatic N) is 1. The number of Topliss-reactive ketones (excluding diaryl/α,β-unsaturated/α-hetero) is 1. The molecule has 0 spiro atoms. The summed E-state index contributed by atoms with van der Waals surface area (Å²) in [6.07, 6.45) is 10.8. The molecule has 6 nitrogen and oxygen atoms in total. The molecule has 9 atom stereocenters. The molecule has 0 aromatic heterocycles. The standard InChI is InChI=1S/C28H45N3O3/c1-17-11-14-29-25(17)16-30-26(33)34-31-18(2)22-7-8-23-21-6-5-19-15-20(32)9-12-27(19,3)24(21)10-13-28(22,23)4/h17,19,21-25,29H,5-16H2,1-4H3,(H,30,33)/b31-18+/t17?,19-,21-,22+,23-,24-,25?,27-,28+/m0/s1. The fourth-order valence-electron chi connectivity index (χ4n) is 9.31. The van der Waals surface area contributed by atoms with E-state index in [9.17, 15) is 9.59 Å². The quantitative estimate of drug-likeness (QED) is 0.331. The summed E-state index contributed by atoms with van der Waals surface area (Å²) in [4.78, 5) is 29.7. The first-order valence-electron chi connectivity index (χ1n) is 14.0. The van der Waals surface area contributed by atoms with Gasteiger partial charge in [-0.3, -0.25) is 9.63 Å². The van der Waals surface area contributed by atoms with Crippen LogP contribution in [0.4, 0.5) is 4.79 Å². The average molecular weight is 472 g/mol. The Morgan fingerprint density at radius 3 is 2.65 bits per heavy atom. The molecule has 0 aromatic carbocycles. The number of oxime groups is 1. The fraction of sp³-hybridized carbons (Fsp3) is 0.893. The maximum absolute atomic E-state index is 12.3. The summed E-state index contributed by atoms with van der Waals surface area (Å²) in [7, 11) is 0. The molecular formula is C28H45N3O3. The molecule has 190 valence electrons. The van der Waals surface area contributed by atoms with Crippen molar-refractivity contribution in [2.24, 2.45) is 51.5 Å². The second kappa shape index (κ2) is 9.22. The van der Waals surface area contributed by atoms with Gasteiger partial charge in [0.25, 0.3) is 0 Å². The lowest BCUT2D eigenvalue weighted by Gasteiger charge is -2.60. The summed E-state index contributed by atoms with van der Waals surface area (Å²) >= 11 is 0. The zero-order chi connectivity index (χ0) is 24.1. The lowest BCUT2D eigenvalue weighted by molar-refractivity contribution is -0.138. The van der Waals surface area contributed by atoms with Crippen LogP contribution in [0.25, 0.3) is 0 Å². The summed E-state index contributed by atoms with van der Waals surface area (Å²) in [5.41, 5.74) is 1.58. The van der Waals surface area contributed by atoms with E-state index in [2.05, 4.69) is 43.5 Å². The normalized spacial score (nSPS) is 46.4. The maximum Gasteiger partial charge on any atom is 0.433 e. The van der Waals surface area contributed by atoms with Crippen molar-refractivity contribution in [2.75, 3.05) is 13.1 Å². The van der Waals surface area contributed by atoms with Gasteiger partial charge in [-0.15, -0.1) is 0 Å². The highest BCUT2D eigenvalue weighted by molar-refractivity contribution is 5.85. The minimum Gasteiger partial charge on any atom is -0.318 e. The Balaban J connectivity index is 1.21.